The Labute approximate surface area is 197 Å². The van der Waals surface area contributed by atoms with Gasteiger partial charge in [0.25, 0.3) is 21.8 Å². The van der Waals surface area contributed by atoms with Crippen LogP contribution in [-0.4, -0.2) is 33.8 Å². The number of rotatable bonds is 8. The van der Waals surface area contributed by atoms with E-state index in [0.29, 0.717) is 34.1 Å². The third-order valence-corrected chi connectivity index (χ3v) is 6.84. The van der Waals surface area contributed by atoms with Crippen LogP contribution >= 0.6 is 11.6 Å². The number of hydrogen-bond acceptors (Lipinski definition) is 4. The highest BCUT2D eigenvalue weighted by molar-refractivity contribution is 7.92. The maximum atomic E-state index is 12.8. The molecular formula is C24H22ClN3O4S. The Morgan fingerprint density at radius 1 is 0.970 bits per heavy atom. The van der Waals surface area contributed by atoms with Crippen LogP contribution < -0.4 is 14.9 Å². The number of halogens is 1. The second-order valence-corrected chi connectivity index (χ2v) is 9.38. The Hall–Kier alpha value is -3.62. The summed E-state index contributed by atoms with van der Waals surface area (Å²) in [6.45, 7) is 3.86. The first-order valence-electron chi connectivity index (χ1n) is 9.88. The van der Waals surface area contributed by atoms with Gasteiger partial charge in [0.1, 0.15) is 0 Å². The van der Waals surface area contributed by atoms with Crippen molar-refractivity contribution in [2.45, 2.75) is 4.90 Å². The lowest BCUT2D eigenvalue weighted by molar-refractivity contribution is 0.0959. The molecule has 33 heavy (non-hydrogen) atoms. The zero-order chi connectivity index (χ0) is 24.0. The Morgan fingerprint density at radius 2 is 1.61 bits per heavy atom. The molecular weight excluding hydrogens is 462 g/mol. The summed E-state index contributed by atoms with van der Waals surface area (Å²) in [5.41, 5.74) is 1.36. The van der Waals surface area contributed by atoms with E-state index >= 15 is 0 Å². The molecule has 7 nitrogen and oxygen atoms in total. The largest absolute Gasteiger partial charge is 0.349 e. The number of amides is 2. The predicted molar refractivity (Wildman–Crippen MR) is 130 cm³/mol. The van der Waals surface area contributed by atoms with E-state index in [0.717, 1.165) is 4.31 Å². The van der Waals surface area contributed by atoms with E-state index in [9.17, 15) is 18.0 Å². The number of nitrogens with zero attached hydrogens (tertiary/aromatic N) is 1. The molecule has 0 saturated heterocycles. The van der Waals surface area contributed by atoms with Crippen molar-refractivity contribution >= 4 is 44.8 Å². The van der Waals surface area contributed by atoms with Gasteiger partial charge in [0.2, 0.25) is 0 Å². The zero-order valence-corrected chi connectivity index (χ0v) is 19.4. The highest BCUT2D eigenvalue weighted by atomic mass is 35.5. The maximum absolute atomic E-state index is 12.8. The molecule has 0 aliphatic carbocycles. The average molecular weight is 484 g/mol. The lowest BCUT2D eigenvalue weighted by Crippen LogP contribution is -2.26. The fourth-order valence-electron chi connectivity index (χ4n) is 2.97. The molecule has 0 aromatic heterocycles. The summed E-state index contributed by atoms with van der Waals surface area (Å²) in [5.74, 6) is -0.774. The Balaban J connectivity index is 1.77. The van der Waals surface area contributed by atoms with Crippen molar-refractivity contribution in [3.63, 3.8) is 0 Å². The first-order valence-corrected chi connectivity index (χ1v) is 11.7. The van der Waals surface area contributed by atoms with Gasteiger partial charge in [0, 0.05) is 24.2 Å². The fourth-order valence-corrected chi connectivity index (χ4v) is 4.29. The molecule has 0 atom stereocenters. The van der Waals surface area contributed by atoms with Gasteiger partial charge in [-0.1, -0.05) is 29.8 Å². The van der Waals surface area contributed by atoms with Crippen LogP contribution in [0.4, 0.5) is 11.4 Å². The van der Waals surface area contributed by atoms with Gasteiger partial charge in [-0.25, -0.2) is 8.42 Å². The van der Waals surface area contributed by atoms with Gasteiger partial charge in [-0.15, -0.1) is 6.58 Å². The maximum Gasteiger partial charge on any atom is 0.264 e. The van der Waals surface area contributed by atoms with Gasteiger partial charge in [-0.2, -0.15) is 0 Å². The molecule has 3 aromatic carbocycles. The number of carbonyl (C=O) groups excluding carboxylic acids is 2. The van der Waals surface area contributed by atoms with Gasteiger partial charge >= 0.3 is 0 Å². The number of carbonyl (C=O) groups is 2. The molecule has 0 unspecified atom stereocenters. The zero-order valence-electron chi connectivity index (χ0n) is 17.8. The summed E-state index contributed by atoms with van der Waals surface area (Å²) < 4.78 is 26.8. The Morgan fingerprint density at radius 3 is 2.24 bits per heavy atom. The number of hydrogen-bond donors (Lipinski definition) is 2. The summed E-state index contributed by atoms with van der Waals surface area (Å²) in [4.78, 5) is 25.1. The molecule has 0 heterocycles. The topological polar surface area (TPSA) is 95.6 Å². The minimum atomic E-state index is -3.79. The summed E-state index contributed by atoms with van der Waals surface area (Å²) >= 11 is 5.84. The number of sulfonamides is 1. The van der Waals surface area contributed by atoms with E-state index in [-0.39, 0.29) is 10.8 Å². The highest BCUT2D eigenvalue weighted by Gasteiger charge is 2.21. The summed E-state index contributed by atoms with van der Waals surface area (Å²) in [6, 6.07) is 18.6. The standard InChI is InChI=1S/C24H22ClN3O4S/c1-3-16-26-24(30)21-6-4-5-7-22(21)27-23(29)17-8-12-19(13-9-17)28(2)33(31,32)20-14-10-18(25)11-15-20/h3-15H,1,16H2,2H3,(H,26,30)(H,27,29). The van der Waals surface area contributed by atoms with E-state index in [1.807, 2.05) is 0 Å². The Bertz CT molecular complexity index is 1270. The molecule has 0 spiro atoms. The van der Waals surface area contributed by atoms with Crippen LogP contribution in [0.1, 0.15) is 20.7 Å². The number of nitrogens with one attached hydrogen (secondary N) is 2. The lowest BCUT2D eigenvalue weighted by Gasteiger charge is -2.20. The van der Waals surface area contributed by atoms with E-state index in [4.69, 9.17) is 11.6 Å². The third-order valence-electron chi connectivity index (χ3n) is 4.79. The van der Waals surface area contributed by atoms with Crippen molar-refractivity contribution in [3.8, 4) is 0 Å². The van der Waals surface area contributed by atoms with Gasteiger partial charge in [0.15, 0.2) is 0 Å². The van der Waals surface area contributed by atoms with E-state index in [1.165, 1.54) is 55.6 Å². The quantitative estimate of drug-likeness (QED) is 0.466. The lowest BCUT2D eigenvalue weighted by atomic mass is 10.1. The Kier molecular flexibility index (Phi) is 7.52. The minimum Gasteiger partial charge on any atom is -0.349 e. The van der Waals surface area contributed by atoms with E-state index in [2.05, 4.69) is 17.2 Å². The monoisotopic (exact) mass is 483 g/mol. The molecule has 0 bridgehead atoms. The molecule has 0 radical (unpaired) electrons. The molecule has 3 aromatic rings. The van der Waals surface area contributed by atoms with Gasteiger partial charge in [-0.05, 0) is 60.7 Å². The summed E-state index contributed by atoms with van der Waals surface area (Å²) in [6.07, 6.45) is 1.56. The van der Waals surface area contributed by atoms with Crippen molar-refractivity contribution in [1.82, 2.24) is 5.32 Å². The first-order chi connectivity index (χ1) is 15.7. The van der Waals surface area contributed by atoms with Crippen LogP contribution in [0.5, 0.6) is 0 Å². The van der Waals surface area contributed by atoms with Crippen molar-refractivity contribution in [2.24, 2.45) is 0 Å². The summed E-state index contributed by atoms with van der Waals surface area (Å²) in [5, 5.41) is 5.84. The molecule has 0 aliphatic rings. The van der Waals surface area contributed by atoms with Crippen LogP contribution in [-0.2, 0) is 10.0 Å². The van der Waals surface area contributed by atoms with Crippen LogP contribution in [0.25, 0.3) is 0 Å². The predicted octanol–water partition coefficient (Wildman–Crippen LogP) is 4.33. The summed E-state index contributed by atoms with van der Waals surface area (Å²) in [7, 11) is -2.36. The molecule has 0 saturated carbocycles. The molecule has 2 N–H and O–H groups in total. The van der Waals surface area contributed by atoms with Gasteiger partial charge in [0.05, 0.1) is 21.8 Å². The molecule has 2 amide bonds. The molecule has 0 aliphatic heterocycles. The highest BCUT2D eigenvalue weighted by Crippen LogP contribution is 2.24. The smallest absolute Gasteiger partial charge is 0.264 e. The minimum absolute atomic E-state index is 0.0996. The SMILES string of the molecule is C=CCNC(=O)c1ccccc1NC(=O)c1ccc(N(C)S(=O)(=O)c2ccc(Cl)cc2)cc1. The number of benzene rings is 3. The van der Waals surface area contributed by atoms with Crippen LogP contribution in [0, 0.1) is 0 Å². The van der Waals surface area contributed by atoms with Crippen LogP contribution in [0.15, 0.2) is 90.3 Å². The molecule has 3 rings (SSSR count). The average Bonchev–Trinajstić information content (AvgIpc) is 2.82. The van der Waals surface area contributed by atoms with Crippen molar-refractivity contribution < 1.29 is 18.0 Å². The second-order valence-electron chi connectivity index (χ2n) is 6.97. The second kappa shape index (κ2) is 10.3. The molecule has 170 valence electrons. The van der Waals surface area contributed by atoms with Crippen molar-refractivity contribution in [3.05, 3.63) is 102 Å². The normalized spacial score (nSPS) is 10.8. The fraction of sp³-hybridized carbons (Fsp3) is 0.0833. The van der Waals surface area contributed by atoms with Crippen LogP contribution in [0.2, 0.25) is 5.02 Å². The van der Waals surface area contributed by atoms with Gasteiger partial charge < -0.3 is 10.6 Å². The number of para-hydroxylation sites is 1. The first kappa shape index (κ1) is 24.0. The molecule has 9 heteroatoms. The van der Waals surface area contributed by atoms with E-state index < -0.39 is 15.9 Å². The third kappa shape index (κ3) is 5.60. The van der Waals surface area contributed by atoms with E-state index in [1.54, 1.807) is 30.3 Å². The van der Waals surface area contributed by atoms with Crippen molar-refractivity contribution in [2.75, 3.05) is 23.2 Å². The number of anilines is 2. The van der Waals surface area contributed by atoms with Crippen LogP contribution in [0.3, 0.4) is 0 Å². The van der Waals surface area contributed by atoms with Crippen molar-refractivity contribution in [1.29, 1.82) is 0 Å². The van der Waals surface area contributed by atoms with Gasteiger partial charge in [-0.3, -0.25) is 13.9 Å². The molecule has 0 fully saturated rings.